The quantitative estimate of drug-likeness (QED) is 0.639. The van der Waals surface area contributed by atoms with Gasteiger partial charge >= 0.3 is 0 Å². The molecule has 1 amide bonds. The number of hydrogen-bond donors (Lipinski definition) is 1. The van der Waals surface area contributed by atoms with Crippen molar-refractivity contribution >= 4 is 38.9 Å². The second-order valence-electron chi connectivity index (χ2n) is 5.12. The van der Waals surface area contributed by atoms with E-state index in [0.717, 1.165) is 16.8 Å². The Morgan fingerprint density at radius 1 is 1.04 bits per heavy atom. The Bertz CT molecular complexity index is 803. The molecule has 0 saturated heterocycles. The lowest BCUT2D eigenvalue weighted by Gasteiger charge is -2.07. The fraction of sp³-hybridized carbons (Fsp3) is 0.111. The van der Waals surface area contributed by atoms with E-state index in [1.807, 2.05) is 54.6 Å². The van der Waals surface area contributed by atoms with E-state index in [4.69, 9.17) is 4.74 Å². The summed E-state index contributed by atoms with van der Waals surface area (Å²) in [6, 6.07) is 17.7. The molecule has 0 fully saturated rings. The van der Waals surface area contributed by atoms with Gasteiger partial charge in [0.2, 0.25) is 0 Å². The molecule has 0 radical (unpaired) electrons. The normalized spacial score (nSPS) is 10.5. The molecule has 24 heavy (non-hydrogen) atoms. The maximum absolute atomic E-state index is 12.0. The van der Waals surface area contributed by atoms with Crippen LogP contribution in [0.4, 0.5) is 5.69 Å². The Balaban J connectivity index is 1.51. The summed E-state index contributed by atoms with van der Waals surface area (Å²) in [4.78, 5) is 16.1. The molecule has 0 aliphatic carbocycles. The fourth-order valence-electron chi connectivity index (χ4n) is 2.10. The van der Waals surface area contributed by atoms with Gasteiger partial charge in [0, 0.05) is 11.1 Å². The van der Waals surface area contributed by atoms with Crippen LogP contribution in [0.5, 0.6) is 0 Å². The van der Waals surface area contributed by atoms with Gasteiger partial charge in [-0.25, -0.2) is 4.98 Å². The summed E-state index contributed by atoms with van der Waals surface area (Å²) in [6.07, 6.45) is 0. The molecule has 0 spiro atoms. The minimum absolute atomic E-state index is 0.218. The van der Waals surface area contributed by atoms with Crippen LogP contribution in [0.3, 0.4) is 0 Å². The van der Waals surface area contributed by atoms with E-state index in [1.165, 1.54) is 11.3 Å². The van der Waals surface area contributed by atoms with Crippen LogP contribution in [0.25, 0.3) is 0 Å². The molecule has 1 N–H and O–H groups in total. The molecule has 2 aromatic carbocycles. The van der Waals surface area contributed by atoms with Crippen LogP contribution in [0.2, 0.25) is 0 Å². The fourth-order valence-corrected chi connectivity index (χ4v) is 3.09. The van der Waals surface area contributed by atoms with E-state index in [2.05, 4.69) is 26.2 Å². The van der Waals surface area contributed by atoms with Gasteiger partial charge in [-0.2, -0.15) is 0 Å². The number of aromatic nitrogens is 1. The van der Waals surface area contributed by atoms with Gasteiger partial charge in [-0.1, -0.05) is 42.5 Å². The smallest absolute Gasteiger partial charge is 0.275 e. The summed E-state index contributed by atoms with van der Waals surface area (Å²) in [6.45, 7) is 1.11. The molecular formula is C18H15BrN2O2S. The van der Waals surface area contributed by atoms with E-state index >= 15 is 0 Å². The van der Waals surface area contributed by atoms with Gasteiger partial charge < -0.3 is 10.1 Å². The van der Waals surface area contributed by atoms with Gasteiger partial charge in [-0.3, -0.25) is 4.79 Å². The molecule has 0 unspecified atom stereocenters. The molecule has 6 heteroatoms. The summed E-state index contributed by atoms with van der Waals surface area (Å²) in [5.41, 5.74) is 3.34. The molecule has 3 aromatic rings. The number of thiazole rings is 1. The lowest BCUT2D eigenvalue weighted by Crippen LogP contribution is -2.12. The Morgan fingerprint density at radius 2 is 1.71 bits per heavy atom. The number of nitrogens with zero attached hydrogens (tertiary/aromatic N) is 1. The third-order valence-electron chi connectivity index (χ3n) is 3.30. The van der Waals surface area contributed by atoms with Crippen molar-refractivity contribution in [3.8, 4) is 0 Å². The highest BCUT2D eigenvalue weighted by Gasteiger charge is 2.09. The molecule has 0 bridgehead atoms. The van der Waals surface area contributed by atoms with Crippen LogP contribution in [0.1, 0.15) is 21.6 Å². The highest BCUT2D eigenvalue weighted by Crippen LogP contribution is 2.18. The van der Waals surface area contributed by atoms with E-state index in [-0.39, 0.29) is 5.91 Å². The number of anilines is 1. The Hall–Kier alpha value is -2.02. The number of nitrogens with one attached hydrogen (secondary N) is 1. The predicted octanol–water partition coefficient (Wildman–Crippen LogP) is 4.87. The Labute approximate surface area is 152 Å². The highest BCUT2D eigenvalue weighted by molar-refractivity contribution is 9.11. The third kappa shape index (κ3) is 4.74. The molecule has 1 heterocycles. The molecular weight excluding hydrogens is 388 g/mol. The molecule has 0 atom stereocenters. The zero-order valence-corrected chi connectivity index (χ0v) is 15.1. The molecule has 3 rings (SSSR count). The van der Waals surface area contributed by atoms with Gasteiger partial charge in [0.15, 0.2) is 3.92 Å². The second-order valence-corrected chi connectivity index (χ2v) is 7.25. The van der Waals surface area contributed by atoms with Crippen molar-refractivity contribution in [3.05, 3.63) is 80.7 Å². The van der Waals surface area contributed by atoms with Crippen LogP contribution < -0.4 is 5.32 Å². The van der Waals surface area contributed by atoms with Crippen LogP contribution in [0.15, 0.2) is 63.9 Å². The molecule has 0 aliphatic heterocycles. The molecule has 122 valence electrons. The molecule has 1 aromatic heterocycles. The van der Waals surface area contributed by atoms with Crippen molar-refractivity contribution in [3.63, 3.8) is 0 Å². The highest BCUT2D eigenvalue weighted by atomic mass is 79.9. The van der Waals surface area contributed by atoms with E-state index in [9.17, 15) is 4.79 Å². The minimum atomic E-state index is -0.218. The summed E-state index contributed by atoms with van der Waals surface area (Å²) < 4.78 is 6.39. The summed E-state index contributed by atoms with van der Waals surface area (Å²) in [7, 11) is 0. The molecule has 0 saturated carbocycles. The lowest BCUT2D eigenvalue weighted by molar-refractivity contribution is 0.102. The van der Waals surface area contributed by atoms with E-state index < -0.39 is 0 Å². The number of halogens is 1. The number of hydrogen-bond acceptors (Lipinski definition) is 4. The second kappa shape index (κ2) is 8.19. The van der Waals surface area contributed by atoms with Gasteiger partial charge in [-0.15, -0.1) is 11.3 Å². The van der Waals surface area contributed by atoms with Crippen molar-refractivity contribution < 1.29 is 9.53 Å². The van der Waals surface area contributed by atoms with E-state index in [1.54, 1.807) is 5.38 Å². The average Bonchev–Trinajstić information content (AvgIpc) is 3.04. The van der Waals surface area contributed by atoms with Gasteiger partial charge in [0.05, 0.1) is 13.2 Å². The van der Waals surface area contributed by atoms with Crippen molar-refractivity contribution in [2.45, 2.75) is 13.2 Å². The van der Waals surface area contributed by atoms with E-state index in [0.29, 0.717) is 22.8 Å². The number of amides is 1. The number of carbonyl (C=O) groups excluding carboxylic acids is 1. The first kappa shape index (κ1) is 16.8. The number of carbonyl (C=O) groups is 1. The first-order chi connectivity index (χ1) is 11.7. The van der Waals surface area contributed by atoms with Crippen LogP contribution in [-0.4, -0.2) is 10.9 Å². The molecule has 0 aliphatic rings. The SMILES string of the molecule is O=C(Nc1ccc(COCc2ccccc2)cc1)c1csc(Br)n1. The van der Waals surface area contributed by atoms with Crippen molar-refractivity contribution in [2.24, 2.45) is 0 Å². The maximum atomic E-state index is 12.0. The zero-order chi connectivity index (χ0) is 16.8. The number of benzene rings is 2. The zero-order valence-electron chi connectivity index (χ0n) is 12.7. The third-order valence-corrected chi connectivity index (χ3v) is 4.67. The molecule has 4 nitrogen and oxygen atoms in total. The number of rotatable bonds is 6. The first-order valence-corrected chi connectivity index (χ1v) is 9.01. The average molecular weight is 403 g/mol. The van der Waals surface area contributed by atoms with Crippen LogP contribution >= 0.6 is 27.3 Å². The Morgan fingerprint density at radius 3 is 2.33 bits per heavy atom. The van der Waals surface area contributed by atoms with Gasteiger partial charge in [-0.05, 0) is 39.2 Å². The minimum Gasteiger partial charge on any atom is -0.372 e. The maximum Gasteiger partial charge on any atom is 0.275 e. The monoisotopic (exact) mass is 402 g/mol. The topological polar surface area (TPSA) is 51.2 Å². The Kier molecular flexibility index (Phi) is 5.74. The van der Waals surface area contributed by atoms with Gasteiger partial charge in [0.1, 0.15) is 5.69 Å². The predicted molar refractivity (Wildman–Crippen MR) is 99.1 cm³/mol. The number of ether oxygens (including phenoxy) is 1. The summed E-state index contributed by atoms with van der Waals surface area (Å²) in [5.74, 6) is -0.218. The largest absolute Gasteiger partial charge is 0.372 e. The lowest BCUT2D eigenvalue weighted by atomic mass is 10.2. The van der Waals surface area contributed by atoms with Crippen LogP contribution in [0, 0.1) is 0 Å². The van der Waals surface area contributed by atoms with Crippen LogP contribution in [-0.2, 0) is 18.0 Å². The van der Waals surface area contributed by atoms with Crippen molar-refractivity contribution in [1.82, 2.24) is 4.98 Å². The first-order valence-electron chi connectivity index (χ1n) is 7.34. The van der Waals surface area contributed by atoms with Crippen molar-refractivity contribution in [1.29, 1.82) is 0 Å². The summed E-state index contributed by atoms with van der Waals surface area (Å²) >= 11 is 4.63. The van der Waals surface area contributed by atoms with Gasteiger partial charge in [0.25, 0.3) is 5.91 Å². The summed E-state index contributed by atoms with van der Waals surface area (Å²) in [5, 5.41) is 4.54. The van der Waals surface area contributed by atoms with Crippen molar-refractivity contribution in [2.75, 3.05) is 5.32 Å². The standard InChI is InChI=1S/C18H15BrN2O2S/c19-18-21-16(12-24-18)17(22)20-15-8-6-14(7-9-15)11-23-10-13-4-2-1-3-5-13/h1-9,12H,10-11H2,(H,20,22).